The van der Waals surface area contributed by atoms with Crippen LogP contribution in [0.4, 0.5) is 0 Å². The Balaban J connectivity index is 0.000000343. The number of aryl methyl sites for hydroxylation is 2. The summed E-state index contributed by atoms with van der Waals surface area (Å²) >= 11 is 0. The van der Waals surface area contributed by atoms with Gasteiger partial charge in [-0.1, -0.05) is 54.6 Å². The average Bonchev–Trinajstić information content (AvgIpc) is 3.01. The fourth-order valence-corrected chi connectivity index (χ4v) is 4.80. The molecule has 0 saturated carbocycles. The van der Waals surface area contributed by atoms with Gasteiger partial charge in [-0.3, -0.25) is 19.2 Å². The van der Waals surface area contributed by atoms with Crippen LogP contribution in [0, 0.1) is 0 Å². The van der Waals surface area contributed by atoms with Crippen LogP contribution in [0.2, 0.25) is 0 Å². The minimum absolute atomic E-state index is 0.126. The van der Waals surface area contributed by atoms with Gasteiger partial charge in [-0.2, -0.15) is 0 Å². The molecule has 3 aromatic rings. The molecule has 10 nitrogen and oxygen atoms in total. The van der Waals surface area contributed by atoms with Crippen LogP contribution in [-0.2, 0) is 48.1 Å². The van der Waals surface area contributed by atoms with Crippen molar-refractivity contribution >= 4 is 23.8 Å². The molecule has 0 aliphatic carbocycles. The summed E-state index contributed by atoms with van der Waals surface area (Å²) in [6.07, 6.45) is 2.62. The van der Waals surface area contributed by atoms with Gasteiger partial charge in [-0.25, -0.2) is 0 Å². The monoisotopic (exact) mass is 648 g/mol. The van der Waals surface area contributed by atoms with E-state index < -0.39 is 11.1 Å². The summed E-state index contributed by atoms with van der Waals surface area (Å²) in [6.45, 7) is 10.1. The summed E-state index contributed by atoms with van der Waals surface area (Å²) in [5.74, 6) is -0.0386. The zero-order valence-corrected chi connectivity index (χ0v) is 28.3. The molecule has 3 aromatic carbocycles. The van der Waals surface area contributed by atoms with Crippen molar-refractivity contribution in [3.8, 4) is 11.5 Å². The molecule has 2 unspecified atom stereocenters. The molecule has 47 heavy (non-hydrogen) atoms. The van der Waals surface area contributed by atoms with E-state index in [1.54, 1.807) is 18.2 Å². The van der Waals surface area contributed by atoms with Crippen LogP contribution in [-0.4, -0.2) is 53.2 Å². The Hall–Kier alpha value is -4.86. The SMILES string of the molecule is CC(=O)NC(C)(CCc1cccc(O)c1)COC(C)=O.CC(=O)NC(C)(CCc1cccc(OCc2ccccc2)c1)COC(C)=O. The standard InChI is InChI=1S/C22H27NO4.C15H21NO4/c1-17(24)23-22(3,16-27-18(2)25)13-12-19-10-7-11-21(14-19)26-15-20-8-5-4-6-9-20;1-11(17)16-15(3,10-20-12(2)18)8-7-13-5-4-6-14(19)9-13/h4-11,14H,12-13,15-16H2,1-3H3,(H,23,24);4-6,9,19H,7-8,10H2,1-3H3,(H,16,17). The van der Waals surface area contributed by atoms with Crippen molar-refractivity contribution < 1.29 is 38.5 Å². The molecule has 0 bridgehead atoms. The first-order valence-electron chi connectivity index (χ1n) is 15.5. The maximum Gasteiger partial charge on any atom is 0.302 e. The number of rotatable bonds is 15. The van der Waals surface area contributed by atoms with Crippen molar-refractivity contribution in [1.82, 2.24) is 10.6 Å². The molecule has 0 saturated heterocycles. The van der Waals surface area contributed by atoms with Crippen molar-refractivity contribution in [1.29, 1.82) is 0 Å². The van der Waals surface area contributed by atoms with Gasteiger partial charge in [0.1, 0.15) is 31.3 Å². The van der Waals surface area contributed by atoms with E-state index in [1.165, 1.54) is 27.7 Å². The number of ether oxygens (including phenoxy) is 3. The summed E-state index contributed by atoms with van der Waals surface area (Å²) in [5, 5.41) is 15.1. The van der Waals surface area contributed by atoms with Gasteiger partial charge in [0.25, 0.3) is 0 Å². The van der Waals surface area contributed by atoms with Gasteiger partial charge >= 0.3 is 11.9 Å². The Bertz CT molecular complexity index is 1460. The fraction of sp³-hybridized carbons (Fsp3) is 0.405. The van der Waals surface area contributed by atoms with E-state index in [0.717, 1.165) is 28.9 Å². The van der Waals surface area contributed by atoms with Gasteiger partial charge in [0.15, 0.2) is 0 Å². The van der Waals surface area contributed by atoms with Gasteiger partial charge in [-0.05, 0) is 80.5 Å². The first-order valence-corrected chi connectivity index (χ1v) is 15.5. The normalized spacial score (nSPS) is 13.0. The smallest absolute Gasteiger partial charge is 0.302 e. The number of phenols is 1. The highest BCUT2D eigenvalue weighted by molar-refractivity contribution is 5.74. The number of hydrogen-bond acceptors (Lipinski definition) is 8. The van der Waals surface area contributed by atoms with Gasteiger partial charge in [0.05, 0.1) is 11.1 Å². The fourth-order valence-electron chi connectivity index (χ4n) is 4.80. The van der Waals surface area contributed by atoms with Crippen molar-refractivity contribution in [2.24, 2.45) is 0 Å². The number of carbonyl (C=O) groups is 4. The first-order chi connectivity index (χ1) is 22.2. The van der Waals surface area contributed by atoms with E-state index in [4.69, 9.17) is 14.2 Å². The van der Waals surface area contributed by atoms with Gasteiger partial charge in [-0.15, -0.1) is 0 Å². The molecule has 0 heterocycles. The third kappa shape index (κ3) is 16.3. The Morgan fingerprint density at radius 3 is 1.57 bits per heavy atom. The lowest BCUT2D eigenvalue weighted by atomic mass is 9.93. The molecule has 254 valence electrons. The summed E-state index contributed by atoms with van der Waals surface area (Å²) < 4.78 is 16.0. The predicted octanol–water partition coefficient (Wildman–Crippen LogP) is 5.44. The van der Waals surface area contributed by atoms with Crippen LogP contribution in [0.1, 0.15) is 71.1 Å². The van der Waals surface area contributed by atoms with Crippen LogP contribution in [0.15, 0.2) is 78.9 Å². The second kappa shape index (κ2) is 19.0. The number of nitrogens with one attached hydrogen (secondary N) is 2. The highest BCUT2D eigenvalue weighted by Gasteiger charge is 2.27. The molecule has 3 N–H and O–H groups in total. The molecule has 0 spiro atoms. The van der Waals surface area contributed by atoms with Crippen LogP contribution in [0.25, 0.3) is 0 Å². The third-order valence-corrected chi connectivity index (χ3v) is 7.13. The predicted molar refractivity (Wildman–Crippen MR) is 180 cm³/mol. The second-order valence-electron chi connectivity index (χ2n) is 12.1. The van der Waals surface area contributed by atoms with Crippen molar-refractivity contribution in [2.75, 3.05) is 13.2 Å². The molecular formula is C37H48N2O8. The van der Waals surface area contributed by atoms with Crippen molar-refractivity contribution in [3.05, 3.63) is 95.6 Å². The zero-order chi connectivity index (χ0) is 34.9. The highest BCUT2D eigenvalue weighted by Crippen LogP contribution is 2.21. The minimum atomic E-state index is -0.622. The average molecular weight is 649 g/mol. The number of benzene rings is 3. The third-order valence-electron chi connectivity index (χ3n) is 7.13. The number of amides is 2. The molecule has 0 radical (unpaired) electrons. The lowest BCUT2D eigenvalue weighted by Crippen LogP contribution is -2.49. The van der Waals surface area contributed by atoms with Crippen molar-refractivity contribution in [3.63, 3.8) is 0 Å². The number of carbonyl (C=O) groups excluding carboxylic acids is 4. The van der Waals surface area contributed by atoms with E-state index in [-0.39, 0.29) is 42.7 Å². The lowest BCUT2D eigenvalue weighted by Gasteiger charge is -2.30. The number of aromatic hydroxyl groups is 1. The quantitative estimate of drug-likeness (QED) is 0.185. The zero-order valence-electron chi connectivity index (χ0n) is 28.3. The molecule has 0 aliphatic rings. The topological polar surface area (TPSA) is 140 Å². The lowest BCUT2D eigenvalue weighted by molar-refractivity contribution is -0.144. The molecule has 10 heteroatoms. The van der Waals surface area contributed by atoms with E-state index in [1.807, 2.05) is 74.5 Å². The Morgan fingerprint density at radius 2 is 1.11 bits per heavy atom. The van der Waals surface area contributed by atoms with Crippen LogP contribution in [0.5, 0.6) is 11.5 Å². The van der Waals surface area contributed by atoms with E-state index in [0.29, 0.717) is 25.9 Å². The minimum Gasteiger partial charge on any atom is -0.508 e. The van der Waals surface area contributed by atoms with Gasteiger partial charge in [0, 0.05) is 27.7 Å². The Labute approximate surface area is 277 Å². The number of esters is 2. The molecule has 0 fully saturated rings. The van der Waals surface area contributed by atoms with E-state index in [9.17, 15) is 24.3 Å². The summed E-state index contributed by atoms with van der Waals surface area (Å²) in [4.78, 5) is 44.9. The molecule has 3 rings (SSSR count). The molecule has 2 atom stereocenters. The van der Waals surface area contributed by atoms with Crippen LogP contribution < -0.4 is 15.4 Å². The number of phenolic OH excluding ortho intramolecular Hbond substituents is 1. The van der Waals surface area contributed by atoms with Crippen molar-refractivity contribution in [2.45, 2.75) is 84.9 Å². The highest BCUT2D eigenvalue weighted by atomic mass is 16.5. The largest absolute Gasteiger partial charge is 0.508 e. The van der Waals surface area contributed by atoms with Crippen LogP contribution >= 0.6 is 0 Å². The molecular weight excluding hydrogens is 600 g/mol. The second-order valence-corrected chi connectivity index (χ2v) is 12.1. The molecule has 2 amide bonds. The summed E-state index contributed by atoms with van der Waals surface area (Å²) in [7, 11) is 0. The number of hydrogen-bond donors (Lipinski definition) is 3. The van der Waals surface area contributed by atoms with E-state index in [2.05, 4.69) is 10.6 Å². The summed E-state index contributed by atoms with van der Waals surface area (Å²) in [6, 6.07) is 24.9. The summed E-state index contributed by atoms with van der Waals surface area (Å²) in [5.41, 5.74) is 1.94. The van der Waals surface area contributed by atoms with Gasteiger partial charge in [0.2, 0.25) is 11.8 Å². The molecule has 0 aliphatic heterocycles. The maximum absolute atomic E-state index is 11.5. The Morgan fingerprint density at radius 1 is 0.638 bits per heavy atom. The van der Waals surface area contributed by atoms with Gasteiger partial charge < -0.3 is 30.0 Å². The van der Waals surface area contributed by atoms with E-state index >= 15 is 0 Å². The molecule has 0 aromatic heterocycles. The maximum atomic E-state index is 11.5. The Kier molecular flexibility index (Phi) is 15.5. The van der Waals surface area contributed by atoms with Crippen LogP contribution in [0.3, 0.4) is 0 Å². The first kappa shape index (κ1) is 38.3.